The van der Waals surface area contributed by atoms with Gasteiger partial charge in [-0.05, 0) is 38.1 Å². The van der Waals surface area contributed by atoms with E-state index in [1.807, 2.05) is 30.9 Å². The first-order valence-corrected chi connectivity index (χ1v) is 8.71. The quantitative estimate of drug-likeness (QED) is 0.545. The lowest BCUT2D eigenvalue weighted by atomic mass is 10.2. The minimum absolute atomic E-state index is 0.211. The minimum Gasteiger partial charge on any atom is -0.300 e. The van der Waals surface area contributed by atoms with Gasteiger partial charge in [0.25, 0.3) is 0 Å². The van der Waals surface area contributed by atoms with Gasteiger partial charge in [-0.2, -0.15) is 0 Å². The monoisotopic (exact) mass is 367 g/mol. The van der Waals surface area contributed by atoms with Crippen LogP contribution < -0.4 is 4.90 Å². The number of halogens is 1. The van der Waals surface area contributed by atoms with E-state index in [2.05, 4.69) is 30.1 Å². The summed E-state index contributed by atoms with van der Waals surface area (Å²) in [7, 11) is 0. The van der Waals surface area contributed by atoms with E-state index in [1.54, 1.807) is 12.3 Å². The van der Waals surface area contributed by atoms with Crippen LogP contribution in [0.15, 0.2) is 43.0 Å². The topological polar surface area (TPSA) is 80.6 Å². The Morgan fingerprint density at radius 1 is 1.08 bits per heavy atom. The molecular weight excluding hydrogens is 353 g/mol. The molecule has 0 aliphatic carbocycles. The van der Waals surface area contributed by atoms with Crippen molar-refractivity contribution < 1.29 is 4.39 Å². The summed E-state index contributed by atoms with van der Waals surface area (Å²) in [5.41, 5.74) is 0.574. The Kier molecular flexibility index (Phi) is 4.21. The molecule has 0 aliphatic rings. The number of hydrogen-bond donors (Lipinski definition) is 0. The van der Waals surface area contributed by atoms with Gasteiger partial charge in [0.1, 0.15) is 33.8 Å². The van der Waals surface area contributed by atoms with Gasteiger partial charge in [-0.1, -0.05) is 11.3 Å². The van der Waals surface area contributed by atoms with E-state index in [0.29, 0.717) is 17.3 Å². The van der Waals surface area contributed by atoms with E-state index >= 15 is 0 Å². The molecule has 4 heterocycles. The van der Waals surface area contributed by atoms with Crippen molar-refractivity contribution in [1.82, 2.24) is 30.1 Å². The van der Waals surface area contributed by atoms with Gasteiger partial charge in [0.05, 0.1) is 17.6 Å². The molecule has 9 heteroatoms. The molecule has 0 amide bonds. The number of rotatable bonds is 4. The van der Waals surface area contributed by atoms with Crippen LogP contribution in [0.3, 0.4) is 0 Å². The van der Waals surface area contributed by atoms with Gasteiger partial charge in [-0.15, -0.1) is 10.2 Å². The maximum absolute atomic E-state index is 13.4. The molecule has 4 aromatic rings. The average Bonchev–Trinajstić information content (AvgIpc) is 3.10. The SMILES string of the molecule is Cc1nnc(C(C)N(c2ccc(F)cn2)c2ncnc3ncccc23)s1. The van der Waals surface area contributed by atoms with Crippen molar-refractivity contribution in [1.29, 1.82) is 0 Å². The third-order valence-electron chi connectivity index (χ3n) is 3.86. The van der Waals surface area contributed by atoms with Crippen LogP contribution in [0.2, 0.25) is 0 Å². The fraction of sp³-hybridized carbons (Fsp3) is 0.176. The Labute approximate surface area is 152 Å². The highest BCUT2D eigenvalue weighted by Crippen LogP contribution is 2.36. The molecule has 4 aromatic heterocycles. The van der Waals surface area contributed by atoms with Gasteiger partial charge >= 0.3 is 0 Å². The Balaban J connectivity index is 1.91. The fourth-order valence-electron chi connectivity index (χ4n) is 2.67. The number of aryl methyl sites for hydroxylation is 1. The number of aromatic nitrogens is 6. The molecule has 1 atom stereocenters. The molecule has 0 saturated carbocycles. The molecule has 0 radical (unpaired) electrons. The zero-order chi connectivity index (χ0) is 18.1. The largest absolute Gasteiger partial charge is 0.300 e. The maximum atomic E-state index is 13.4. The molecule has 0 aliphatic heterocycles. The van der Waals surface area contributed by atoms with Gasteiger partial charge in [-0.3, -0.25) is 0 Å². The lowest BCUT2D eigenvalue weighted by Gasteiger charge is -2.28. The lowest BCUT2D eigenvalue weighted by molar-refractivity contribution is 0.619. The van der Waals surface area contributed by atoms with Crippen LogP contribution in [-0.2, 0) is 0 Å². The highest BCUT2D eigenvalue weighted by molar-refractivity contribution is 7.11. The zero-order valence-corrected chi connectivity index (χ0v) is 14.9. The van der Waals surface area contributed by atoms with E-state index in [0.717, 1.165) is 15.4 Å². The fourth-order valence-corrected chi connectivity index (χ4v) is 3.41. The molecule has 4 rings (SSSR count). The Hall–Kier alpha value is -3.07. The first kappa shape index (κ1) is 16.4. The predicted molar refractivity (Wildman–Crippen MR) is 96.7 cm³/mol. The third-order valence-corrected chi connectivity index (χ3v) is 4.87. The van der Waals surface area contributed by atoms with Gasteiger partial charge in [0.15, 0.2) is 5.65 Å². The van der Waals surface area contributed by atoms with E-state index in [1.165, 1.54) is 29.9 Å². The van der Waals surface area contributed by atoms with E-state index < -0.39 is 5.82 Å². The van der Waals surface area contributed by atoms with Crippen LogP contribution >= 0.6 is 11.3 Å². The summed E-state index contributed by atoms with van der Waals surface area (Å²) in [5, 5.41) is 10.8. The number of pyridine rings is 2. The van der Waals surface area contributed by atoms with Crippen molar-refractivity contribution in [3.05, 3.63) is 58.8 Å². The van der Waals surface area contributed by atoms with E-state index in [9.17, 15) is 4.39 Å². The Morgan fingerprint density at radius 3 is 2.69 bits per heavy atom. The number of nitrogens with zero attached hydrogens (tertiary/aromatic N) is 7. The van der Waals surface area contributed by atoms with Crippen molar-refractivity contribution in [2.24, 2.45) is 0 Å². The summed E-state index contributed by atoms with van der Waals surface area (Å²) in [6.07, 6.45) is 4.32. The van der Waals surface area contributed by atoms with Gasteiger partial charge in [0, 0.05) is 6.20 Å². The Morgan fingerprint density at radius 2 is 1.96 bits per heavy atom. The number of fused-ring (bicyclic) bond motifs is 1. The van der Waals surface area contributed by atoms with Crippen LogP contribution in [0, 0.1) is 12.7 Å². The standard InChI is InChI=1S/C17H14FN7S/c1-10(17-24-23-11(2)26-17)25(14-6-5-12(18)8-20-14)16-13-4-3-7-19-15(13)21-9-22-16/h3-10H,1-2H3. The van der Waals surface area contributed by atoms with Crippen LogP contribution in [0.25, 0.3) is 11.0 Å². The zero-order valence-electron chi connectivity index (χ0n) is 14.0. The predicted octanol–water partition coefficient (Wildman–Crippen LogP) is 3.62. The molecule has 0 spiro atoms. The van der Waals surface area contributed by atoms with Crippen molar-refractivity contribution >= 4 is 34.0 Å². The summed E-state index contributed by atoms with van der Waals surface area (Å²) in [5.74, 6) is 0.778. The maximum Gasteiger partial charge on any atom is 0.164 e. The molecule has 0 aromatic carbocycles. The number of hydrogen-bond acceptors (Lipinski definition) is 8. The molecule has 0 bridgehead atoms. The summed E-state index contributed by atoms with van der Waals surface area (Å²) < 4.78 is 13.4. The average molecular weight is 367 g/mol. The van der Waals surface area contributed by atoms with Gasteiger partial charge < -0.3 is 4.90 Å². The molecule has 1 unspecified atom stereocenters. The molecule has 0 saturated heterocycles. The van der Waals surface area contributed by atoms with E-state index in [-0.39, 0.29) is 6.04 Å². The van der Waals surface area contributed by atoms with Gasteiger partial charge in [0.2, 0.25) is 0 Å². The smallest absolute Gasteiger partial charge is 0.164 e. The first-order valence-electron chi connectivity index (χ1n) is 7.90. The molecule has 7 nitrogen and oxygen atoms in total. The summed E-state index contributed by atoms with van der Waals surface area (Å²) in [4.78, 5) is 19.1. The molecular formula is C17H14FN7S. The highest BCUT2D eigenvalue weighted by Gasteiger charge is 2.25. The van der Waals surface area contributed by atoms with Gasteiger partial charge in [-0.25, -0.2) is 24.3 Å². The van der Waals surface area contributed by atoms with E-state index in [4.69, 9.17) is 0 Å². The molecule has 0 N–H and O–H groups in total. The third kappa shape index (κ3) is 2.97. The second-order valence-electron chi connectivity index (χ2n) is 5.61. The van der Waals surface area contributed by atoms with Crippen LogP contribution in [-0.4, -0.2) is 30.1 Å². The van der Waals surface area contributed by atoms with Crippen LogP contribution in [0.1, 0.15) is 23.0 Å². The summed E-state index contributed by atoms with van der Waals surface area (Å²) >= 11 is 1.50. The van der Waals surface area contributed by atoms with Crippen LogP contribution in [0.5, 0.6) is 0 Å². The van der Waals surface area contributed by atoms with Crippen molar-refractivity contribution in [3.63, 3.8) is 0 Å². The minimum atomic E-state index is -0.401. The summed E-state index contributed by atoms with van der Waals surface area (Å²) in [6.45, 7) is 3.88. The van der Waals surface area contributed by atoms with Crippen LogP contribution in [0.4, 0.5) is 16.0 Å². The first-order chi connectivity index (χ1) is 12.6. The summed E-state index contributed by atoms with van der Waals surface area (Å²) in [6, 6.07) is 6.49. The second kappa shape index (κ2) is 6.68. The highest BCUT2D eigenvalue weighted by atomic mass is 32.1. The number of anilines is 2. The second-order valence-corrected chi connectivity index (χ2v) is 6.82. The normalized spacial score (nSPS) is 12.3. The van der Waals surface area contributed by atoms with Crippen molar-refractivity contribution in [2.45, 2.75) is 19.9 Å². The molecule has 0 fully saturated rings. The lowest BCUT2D eigenvalue weighted by Crippen LogP contribution is -2.24. The Bertz CT molecular complexity index is 1050. The molecule has 26 heavy (non-hydrogen) atoms. The molecule has 130 valence electrons. The van der Waals surface area contributed by atoms with Crippen molar-refractivity contribution in [2.75, 3.05) is 4.90 Å². The van der Waals surface area contributed by atoms with Crippen molar-refractivity contribution in [3.8, 4) is 0 Å².